The predicted octanol–water partition coefficient (Wildman–Crippen LogP) is -7.53. The molecule has 0 aliphatic heterocycles. The summed E-state index contributed by atoms with van der Waals surface area (Å²) in [7, 11) is 0. The quantitative estimate of drug-likeness (QED) is 0.329. The SMILES string of the molecule is [AsH3].[Na+].[Na+].[OH-].[OH-]. The van der Waals surface area contributed by atoms with Crippen LogP contribution in [0.2, 0.25) is 0 Å². The summed E-state index contributed by atoms with van der Waals surface area (Å²) >= 11 is 0. The van der Waals surface area contributed by atoms with Crippen LogP contribution in [0.15, 0.2) is 0 Å². The largest absolute Gasteiger partial charge is 1.00 e. The van der Waals surface area contributed by atoms with E-state index in [0.29, 0.717) is 0 Å². The molecular weight excluding hydrogens is 153 g/mol. The van der Waals surface area contributed by atoms with Gasteiger partial charge in [0.15, 0.2) is 0 Å². The van der Waals surface area contributed by atoms with Gasteiger partial charge in [-0.1, -0.05) is 0 Å². The van der Waals surface area contributed by atoms with E-state index in [1.165, 1.54) is 0 Å². The first kappa shape index (κ1) is 51.1. The molecule has 0 bridgehead atoms. The van der Waals surface area contributed by atoms with E-state index in [1.807, 2.05) is 0 Å². The van der Waals surface area contributed by atoms with Crippen LogP contribution in [0.5, 0.6) is 0 Å². The van der Waals surface area contributed by atoms with Crippen LogP contribution < -0.4 is 59.1 Å². The second-order valence-electron chi connectivity index (χ2n) is 0. The molecule has 0 saturated carbocycles. The molecule has 0 aromatic heterocycles. The van der Waals surface area contributed by atoms with Gasteiger partial charge in [0.1, 0.15) is 0 Å². The molecular formula is H5AsNa2O2. The zero-order valence-electron chi connectivity index (χ0n) is 3.60. The summed E-state index contributed by atoms with van der Waals surface area (Å²) < 4.78 is 0. The second kappa shape index (κ2) is 31.7. The molecule has 5 heteroatoms. The third-order valence-corrected chi connectivity index (χ3v) is 0. The van der Waals surface area contributed by atoms with Gasteiger partial charge in [0, 0.05) is 0 Å². The maximum absolute atomic E-state index is 0. The molecule has 2 nitrogen and oxygen atoms in total. The fraction of sp³-hybridized carbons (Fsp3) is 0. The van der Waals surface area contributed by atoms with E-state index in [1.54, 1.807) is 0 Å². The molecule has 0 radical (unpaired) electrons. The summed E-state index contributed by atoms with van der Waals surface area (Å²) in [4.78, 5) is 0. The van der Waals surface area contributed by atoms with Crippen molar-refractivity contribution >= 4 is 18.0 Å². The van der Waals surface area contributed by atoms with Crippen molar-refractivity contribution in [3.05, 3.63) is 0 Å². The van der Waals surface area contributed by atoms with Gasteiger partial charge in [0.05, 0.1) is 0 Å². The Bertz CT molecular complexity index is 7.61. The van der Waals surface area contributed by atoms with Crippen LogP contribution in [0, 0.1) is 0 Å². The molecule has 24 valence electrons. The van der Waals surface area contributed by atoms with Gasteiger partial charge in [-0.2, -0.15) is 0 Å². The third kappa shape index (κ3) is 21.2. The molecule has 0 aliphatic carbocycles. The van der Waals surface area contributed by atoms with Crippen LogP contribution in [0.1, 0.15) is 0 Å². The summed E-state index contributed by atoms with van der Waals surface area (Å²) in [5.74, 6) is 0. The fourth-order valence-electron chi connectivity index (χ4n) is 0. The van der Waals surface area contributed by atoms with Gasteiger partial charge >= 0.3 is 77.1 Å². The van der Waals surface area contributed by atoms with E-state index in [4.69, 9.17) is 0 Å². The molecule has 1 unspecified atom stereocenters. The van der Waals surface area contributed by atoms with Crippen molar-refractivity contribution in [3.8, 4) is 0 Å². The van der Waals surface area contributed by atoms with E-state index < -0.39 is 0 Å². The average molecular weight is 158 g/mol. The van der Waals surface area contributed by atoms with Crippen LogP contribution >= 0.6 is 0 Å². The molecule has 1 atom stereocenters. The number of rotatable bonds is 0. The van der Waals surface area contributed by atoms with E-state index in [-0.39, 0.29) is 88.0 Å². The van der Waals surface area contributed by atoms with E-state index >= 15 is 0 Å². The van der Waals surface area contributed by atoms with Gasteiger partial charge in [-0.15, -0.1) is 0 Å². The first-order chi connectivity index (χ1) is 0. The predicted molar refractivity (Wildman–Crippen MR) is 13.8 cm³/mol. The molecule has 0 heterocycles. The summed E-state index contributed by atoms with van der Waals surface area (Å²) in [6, 6.07) is 0. The summed E-state index contributed by atoms with van der Waals surface area (Å²) in [5.41, 5.74) is 0. The zero-order valence-corrected chi connectivity index (χ0v) is 10.6. The van der Waals surface area contributed by atoms with Gasteiger partial charge in [-0.3, -0.25) is 0 Å². The molecule has 0 saturated heterocycles. The molecule has 0 amide bonds. The smallest absolute Gasteiger partial charge is 0.870 e. The normalized spacial score (nSPS) is 0. The summed E-state index contributed by atoms with van der Waals surface area (Å²) in [5, 5.41) is 0. The molecule has 0 aromatic carbocycles. The van der Waals surface area contributed by atoms with Crippen molar-refractivity contribution in [2.75, 3.05) is 0 Å². The summed E-state index contributed by atoms with van der Waals surface area (Å²) in [6.45, 7) is 0. The Morgan fingerprint density at radius 3 is 0.600 bits per heavy atom. The molecule has 5 heavy (non-hydrogen) atoms. The number of hydrogen-bond acceptors (Lipinski definition) is 2. The van der Waals surface area contributed by atoms with Crippen molar-refractivity contribution in [1.82, 2.24) is 0 Å². The molecule has 2 N–H and O–H groups in total. The molecule has 0 rings (SSSR count). The fourth-order valence-corrected chi connectivity index (χ4v) is 0. The van der Waals surface area contributed by atoms with Crippen LogP contribution in [-0.2, 0) is 0 Å². The van der Waals surface area contributed by atoms with Crippen molar-refractivity contribution in [1.29, 1.82) is 0 Å². The van der Waals surface area contributed by atoms with Crippen molar-refractivity contribution < 1.29 is 70.1 Å². The topological polar surface area (TPSA) is 60.0 Å². The van der Waals surface area contributed by atoms with Crippen LogP contribution in [0.4, 0.5) is 0 Å². The monoisotopic (exact) mass is 158 g/mol. The Labute approximate surface area is 86.6 Å². The molecule has 0 fully saturated rings. The first-order valence-corrected chi connectivity index (χ1v) is 0. The third-order valence-electron chi connectivity index (χ3n) is 0. The van der Waals surface area contributed by atoms with Gasteiger partial charge in [0.2, 0.25) is 0 Å². The second-order valence-corrected chi connectivity index (χ2v) is 0. The van der Waals surface area contributed by atoms with Crippen molar-refractivity contribution in [2.45, 2.75) is 0 Å². The Morgan fingerprint density at radius 1 is 0.600 bits per heavy atom. The Hall–Kier alpha value is 2.48. The van der Waals surface area contributed by atoms with Gasteiger partial charge in [0.25, 0.3) is 0 Å². The maximum atomic E-state index is 0. The van der Waals surface area contributed by atoms with Crippen LogP contribution in [0.25, 0.3) is 0 Å². The minimum Gasteiger partial charge on any atom is -0.870 e. The van der Waals surface area contributed by atoms with Crippen LogP contribution in [-0.4, -0.2) is 28.9 Å². The van der Waals surface area contributed by atoms with Gasteiger partial charge < -0.3 is 11.0 Å². The summed E-state index contributed by atoms with van der Waals surface area (Å²) in [6.07, 6.45) is 0. The Kier molecular flexibility index (Phi) is 323. The van der Waals surface area contributed by atoms with E-state index in [0.717, 1.165) is 0 Å². The molecule has 0 spiro atoms. The van der Waals surface area contributed by atoms with E-state index in [2.05, 4.69) is 0 Å². The molecule has 0 aliphatic rings. The number of hydrogen-bond donors (Lipinski definition) is 0. The first-order valence-electron chi connectivity index (χ1n) is 0. The van der Waals surface area contributed by atoms with Crippen molar-refractivity contribution in [2.24, 2.45) is 0 Å². The van der Waals surface area contributed by atoms with Crippen LogP contribution in [0.3, 0.4) is 0 Å². The van der Waals surface area contributed by atoms with E-state index in [9.17, 15) is 0 Å². The maximum Gasteiger partial charge on any atom is 1.00 e. The standard InChI is InChI=1S/AsH3.2Na.2H2O/h1H3;;;2*1H2/q;2*+1;;/p-2. The molecule has 0 aromatic rings. The zero-order chi connectivity index (χ0) is 0. The minimum atomic E-state index is 0. The van der Waals surface area contributed by atoms with Gasteiger partial charge in [-0.05, 0) is 0 Å². The Morgan fingerprint density at radius 2 is 0.600 bits per heavy atom. The van der Waals surface area contributed by atoms with Crippen molar-refractivity contribution in [3.63, 3.8) is 0 Å². The minimum absolute atomic E-state index is 0. The Balaban J connectivity index is 0. The average Bonchev–Trinajstić information content (AvgIpc) is 0. The van der Waals surface area contributed by atoms with Gasteiger partial charge in [-0.25, -0.2) is 0 Å².